The number of rotatable bonds is 16. The zero-order valence-electron chi connectivity index (χ0n) is 27.5. The normalized spacial score (nSPS) is 17.6. The largest absolute Gasteiger partial charge is 0.378 e. The second-order valence-electron chi connectivity index (χ2n) is 13.1. The summed E-state index contributed by atoms with van der Waals surface area (Å²) in [5.74, 6) is -0.233. The minimum atomic E-state index is -0.359. The summed E-state index contributed by atoms with van der Waals surface area (Å²) in [5, 5.41) is 12.2. The molecule has 1 aliphatic carbocycles. The van der Waals surface area contributed by atoms with Crippen LogP contribution in [0.4, 0.5) is 5.69 Å². The second kappa shape index (κ2) is 16.5. The molecule has 11 nitrogen and oxygen atoms in total. The van der Waals surface area contributed by atoms with Crippen LogP contribution in [0.25, 0.3) is 5.57 Å². The van der Waals surface area contributed by atoms with Gasteiger partial charge in [-0.3, -0.25) is 14.6 Å². The van der Waals surface area contributed by atoms with Crippen LogP contribution in [0.2, 0.25) is 0 Å². The summed E-state index contributed by atoms with van der Waals surface area (Å²) in [4.78, 5) is 24.9. The number of nitriles is 1. The Morgan fingerprint density at radius 1 is 1.09 bits per heavy atom. The predicted molar refractivity (Wildman–Crippen MR) is 176 cm³/mol. The lowest BCUT2D eigenvalue weighted by Crippen LogP contribution is -2.53. The van der Waals surface area contributed by atoms with E-state index in [1.165, 1.54) is 17.3 Å². The van der Waals surface area contributed by atoms with Gasteiger partial charge in [-0.15, -0.1) is 0 Å². The van der Waals surface area contributed by atoms with E-state index < -0.39 is 0 Å². The third-order valence-electron chi connectivity index (χ3n) is 8.92. The maximum absolute atomic E-state index is 13.1. The van der Waals surface area contributed by atoms with Gasteiger partial charge in [-0.25, -0.2) is 4.98 Å². The number of hydrogen-bond donors (Lipinski definition) is 3. The molecule has 0 radical (unpaired) electrons. The van der Waals surface area contributed by atoms with E-state index >= 15 is 0 Å². The van der Waals surface area contributed by atoms with Crippen molar-refractivity contribution in [1.29, 1.82) is 5.26 Å². The fourth-order valence-corrected chi connectivity index (χ4v) is 5.83. The number of nitrogens with two attached hydrogens (primary N) is 1. The lowest BCUT2D eigenvalue weighted by atomic mass is 9.76. The summed E-state index contributed by atoms with van der Waals surface area (Å²) in [6.07, 6.45) is 6.74. The smallest absolute Gasteiger partial charge is 0.291 e. The van der Waals surface area contributed by atoms with E-state index in [4.69, 9.17) is 25.2 Å². The van der Waals surface area contributed by atoms with Crippen LogP contribution in [-0.4, -0.2) is 105 Å². The number of aromatic nitrogens is 2. The Balaban J connectivity index is 1.35. The zero-order chi connectivity index (χ0) is 32.3. The highest BCUT2D eigenvalue weighted by Gasteiger charge is 2.33. The maximum atomic E-state index is 13.1. The summed E-state index contributed by atoms with van der Waals surface area (Å²) in [7, 11) is 0. The van der Waals surface area contributed by atoms with Gasteiger partial charge in [-0.05, 0) is 61.8 Å². The molecule has 1 aromatic heterocycles. The Labute approximate surface area is 268 Å². The summed E-state index contributed by atoms with van der Waals surface area (Å²) in [6.45, 7) is 18.0. The molecule has 0 bridgehead atoms. The van der Waals surface area contributed by atoms with Crippen molar-refractivity contribution in [1.82, 2.24) is 19.8 Å². The standard InChI is InChI=1S/C34H51N7O4/c1-33(2)9-7-26(8-10-33)29-23-27(5-6-30(29)39-32(42)31-37-25-28(24-36)38-31)34(3,4)41-14-12-40(13-15-41)16-18-44-20-22-45-21-19-43-17-11-35/h5-7,23,25H,8-22,35H2,1-4H3,(H,37,38)(H,39,42). The fraction of sp³-hybridized carbons (Fsp3) is 0.618. The van der Waals surface area contributed by atoms with Crippen molar-refractivity contribution in [2.75, 3.05) is 84.2 Å². The number of aromatic amines is 1. The van der Waals surface area contributed by atoms with Crippen molar-refractivity contribution < 1.29 is 19.0 Å². The van der Waals surface area contributed by atoms with Crippen molar-refractivity contribution in [2.45, 2.75) is 52.5 Å². The van der Waals surface area contributed by atoms with Crippen LogP contribution in [-0.2, 0) is 19.7 Å². The minimum absolute atomic E-state index is 0.126. The molecule has 2 heterocycles. The number of imidazole rings is 1. The van der Waals surface area contributed by atoms with Crippen LogP contribution >= 0.6 is 0 Å². The van der Waals surface area contributed by atoms with Crippen LogP contribution < -0.4 is 11.1 Å². The first-order valence-electron chi connectivity index (χ1n) is 16.1. The minimum Gasteiger partial charge on any atom is -0.378 e. The van der Waals surface area contributed by atoms with E-state index in [9.17, 15) is 4.79 Å². The van der Waals surface area contributed by atoms with Crippen molar-refractivity contribution >= 4 is 17.2 Å². The number of anilines is 1. The number of piperazine rings is 1. The van der Waals surface area contributed by atoms with Gasteiger partial charge >= 0.3 is 0 Å². The molecule has 246 valence electrons. The number of nitrogens with one attached hydrogen (secondary N) is 2. The first-order valence-corrected chi connectivity index (χ1v) is 16.1. The molecule has 4 rings (SSSR count). The first-order chi connectivity index (χ1) is 21.6. The van der Waals surface area contributed by atoms with E-state index in [2.05, 4.69) is 71.0 Å². The first kappa shape index (κ1) is 34.8. The van der Waals surface area contributed by atoms with E-state index in [-0.39, 0.29) is 28.4 Å². The number of hydrogen-bond acceptors (Lipinski definition) is 9. The van der Waals surface area contributed by atoms with Crippen molar-refractivity contribution in [2.24, 2.45) is 11.1 Å². The average Bonchev–Trinajstić information content (AvgIpc) is 3.52. The SMILES string of the molecule is CC1(C)CC=C(c2cc(C(C)(C)N3CCN(CCOCCOCCOCCN)CC3)ccc2NC(=O)c2ncc(C#N)[nH]2)CC1. The van der Waals surface area contributed by atoms with E-state index in [1.54, 1.807) is 0 Å². The van der Waals surface area contributed by atoms with Gasteiger partial charge in [-0.1, -0.05) is 26.0 Å². The Hall–Kier alpha value is -3.11. The molecular weight excluding hydrogens is 570 g/mol. The monoisotopic (exact) mass is 621 g/mol. The van der Waals surface area contributed by atoms with Crippen LogP contribution in [0.5, 0.6) is 0 Å². The molecule has 1 fully saturated rings. The highest BCUT2D eigenvalue weighted by Crippen LogP contribution is 2.41. The Kier molecular flexibility index (Phi) is 12.7. The molecule has 45 heavy (non-hydrogen) atoms. The molecule has 0 unspecified atom stereocenters. The molecule has 0 saturated carbocycles. The van der Waals surface area contributed by atoms with Crippen molar-refractivity contribution in [3.05, 3.63) is 53.1 Å². The summed E-state index contributed by atoms with van der Waals surface area (Å²) in [6, 6.07) is 8.39. The highest BCUT2D eigenvalue weighted by atomic mass is 16.5. The van der Waals surface area contributed by atoms with Gasteiger partial charge in [0.15, 0.2) is 5.82 Å². The summed E-state index contributed by atoms with van der Waals surface area (Å²) >= 11 is 0. The number of allylic oxidation sites excluding steroid dienone is 2. The number of ether oxygens (including phenoxy) is 3. The van der Waals surface area contributed by atoms with E-state index in [0.29, 0.717) is 46.2 Å². The maximum Gasteiger partial charge on any atom is 0.291 e. The van der Waals surface area contributed by atoms with Gasteiger partial charge < -0.3 is 30.2 Å². The summed E-state index contributed by atoms with van der Waals surface area (Å²) < 4.78 is 16.6. The van der Waals surface area contributed by atoms with Gasteiger partial charge in [0.1, 0.15) is 11.8 Å². The number of carbonyl (C=O) groups is 1. The van der Waals surface area contributed by atoms with Gasteiger partial charge in [0.2, 0.25) is 0 Å². The van der Waals surface area contributed by atoms with Gasteiger partial charge in [-0.2, -0.15) is 5.26 Å². The number of carbonyl (C=O) groups excluding carboxylic acids is 1. The topological polar surface area (TPSA) is 142 Å². The molecule has 1 aliphatic heterocycles. The lowest BCUT2D eigenvalue weighted by molar-refractivity contribution is 0.00355. The van der Waals surface area contributed by atoms with E-state index in [0.717, 1.165) is 63.2 Å². The molecule has 1 aromatic carbocycles. The molecular formula is C34H51N7O4. The molecule has 11 heteroatoms. The second-order valence-corrected chi connectivity index (χ2v) is 13.1. The third-order valence-corrected chi connectivity index (χ3v) is 8.92. The zero-order valence-corrected chi connectivity index (χ0v) is 27.5. The molecule has 0 atom stereocenters. The highest BCUT2D eigenvalue weighted by molar-refractivity contribution is 6.03. The number of amides is 1. The fourth-order valence-electron chi connectivity index (χ4n) is 5.83. The van der Waals surface area contributed by atoms with Crippen molar-refractivity contribution in [3.8, 4) is 6.07 Å². The number of nitrogens with zero attached hydrogens (tertiary/aromatic N) is 4. The van der Waals surface area contributed by atoms with Crippen LogP contribution in [0.15, 0.2) is 30.5 Å². The van der Waals surface area contributed by atoms with Crippen LogP contribution in [0.1, 0.15) is 74.4 Å². The Bertz CT molecular complexity index is 1320. The van der Waals surface area contributed by atoms with Gasteiger partial charge in [0.05, 0.1) is 45.8 Å². The predicted octanol–water partition coefficient (Wildman–Crippen LogP) is 3.99. The molecule has 4 N–H and O–H groups in total. The quantitative estimate of drug-likeness (QED) is 0.237. The average molecular weight is 622 g/mol. The molecule has 1 amide bonds. The molecule has 2 aliphatic rings. The lowest BCUT2D eigenvalue weighted by Gasteiger charge is -2.44. The molecule has 0 spiro atoms. The number of benzene rings is 1. The van der Waals surface area contributed by atoms with Gasteiger partial charge in [0, 0.05) is 56.1 Å². The van der Waals surface area contributed by atoms with Gasteiger partial charge in [0.25, 0.3) is 5.91 Å². The number of H-pyrrole nitrogens is 1. The Morgan fingerprint density at radius 3 is 2.40 bits per heavy atom. The molecule has 1 saturated heterocycles. The third kappa shape index (κ3) is 9.94. The van der Waals surface area contributed by atoms with Crippen molar-refractivity contribution in [3.63, 3.8) is 0 Å². The Morgan fingerprint density at radius 2 is 1.78 bits per heavy atom. The summed E-state index contributed by atoms with van der Waals surface area (Å²) in [5.41, 5.74) is 10.0. The molecule has 2 aromatic rings. The van der Waals surface area contributed by atoms with Crippen LogP contribution in [0.3, 0.4) is 0 Å². The van der Waals surface area contributed by atoms with E-state index in [1.807, 2.05) is 12.1 Å². The van der Waals surface area contributed by atoms with Crippen LogP contribution in [0, 0.1) is 16.7 Å².